The molecule has 18 heavy (non-hydrogen) atoms. The number of carbonyl (C=O) groups is 2. The molecule has 6 heteroatoms. The molecule has 1 aliphatic heterocycles. The van der Waals surface area contributed by atoms with E-state index in [1.807, 2.05) is 6.07 Å². The summed E-state index contributed by atoms with van der Waals surface area (Å²) in [5, 5.41) is 14.1. The fourth-order valence-corrected chi connectivity index (χ4v) is 2.19. The van der Waals surface area contributed by atoms with Crippen LogP contribution >= 0.6 is 15.9 Å². The first-order valence-electron chi connectivity index (χ1n) is 5.37. The van der Waals surface area contributed by atoms with Gasteiger partial charge in [0.1, 0.15) is 0 Å². The summed E-state index contributed by atoms with van der Waals surface area (Å²) in [5.74, 6) is -0.632. The molecule has 1 aliphatic rings. The summed E-state index contributed by atoms with van der Waals surface area (Å²) in [6.45, 7) is 0.374. The lowest BCUT2D eigenvalue weighted by Gasteiger charge is -2.10. The first-order valence-corrected chi connectivity index (χ1v) is 6.16. The maximum Gasteiger partial charge on any atom is 0.229 e. The van der Waals surface area contributed by atoms with Crippen LogP contribution in [0.5, 0.6) is 0 Å². The number of halogens is 1. The molecule has 2 N–H and O–H groups in total. The van der Waals surface area contributed by atoms with Crippen LogP contribution in [0.25, 0.3) is 0 Å². The number of nitrogens with one attached hydrogen (secondary N) is 2. The van der Waals surface area contributed by atoms with Crippen molar-refractivity contribution in [2.75, 3.05) is 11.9 Å². The van der Waals surface area contributed by atoms with Gasteiger partial charge in [-0.05, 0) is 34.1 Å². The van der Waals surface area contributed by atoms with Crippen LogP contribution in [-0.4, -0.2) is 18.4 Å². The van der Waals surface area contributed by atoms with Crippen molar-refractivity contribution in [1.82, 2.24) is 5.32 Å². The lowest BCUT2D eigenvalue weighted by Crippen LogP contribution is -2.24. The molecule has 1 aromatic rings. The Hall–Kier alpha value is -1.87. The van der Waals surface area contributed by atoms with Crippen LogP contribution < -0.4 is 10.6 Å². The van der Waals surface area contributed by atoms with E-state index in [0.29, 0.717) is 22.3 Å². The molecule has 0 aliphatic carbocycles. The number of amides is 2. The van der Waals surface area contributed by atoms with E-state index in [0.717, 1.165) is 0 Å². The minimum atomic E-state index is -0.333. The average molecular weight is 308 g/mol. The molecule has 0 aromatic heterocycles. The number of nitrogens with zero attached hydrogens (tertiary/aromatic N) is 1. The normalized spacial score (nSPS) is 18.0. The summed E-state index contributed by atoms with van der Waals surface area (Å²) in [6.07, 6.45) is 0.222. The molecular weight excluding hydrogens is 298 g/mol. The zero-order valence-corrected chi connectivity index (χ0v) is 11.0. The van der Waals surface area contributed by atoms with Gasteiger partial charge in [-0.25, -0.2) is 0 Å². The maximum atomic E-state index is 11.9. The van der Waals surface area contributed by atoms with E-state index in [1.165, 1.54) is 0 Å². The van der Waals surface area contributed by atoms with Crippen LogP contribution in [0, 0.1) is 17.2 Å². The highest BCUT2D eigenvalue weighted by atomic mass is 79.9. The van der Waals surface area contributed by atoms with Crippen LogP contribution in [-0.2, 0) is 9.59 Å². The molecule has 1 heterocycles. The molecule has 2 amide bonds. The fourth-order valence-electron chi connectivity index (χ4n) is 1.71. The van der Waals surface area contributed by atoms with Gasteiger partial charge in [0.05, 0.1) is 23.2 Å². The van der Waals surface area contributed by atoms with Gasteiger partial charge in [-0.2, -0.15) is 5.26 Å². The molecule has 5 nitrogen and oxygen atoms in total. The molecular formula is C12H10BrN3O2. The molecule has 0 radical (unpaired) electrons. The third-order valence-corrected chi connectivity index (χ3v) is 3.36. The molecule has 1 atom stereocenters. The third kappa shape index (κ3) is 2.68. The topological polar surface area (TPSA) is 82.0 Å². The predicted octanol–water partition coefficient (Wildman–Crippen LogP) is 1.40. The van der Waals surface area contributed by atoms with Crippen LogP contribution in [0.1, 0.15) is 12.0 Å². The molecule has 0 bridgehead atoms. The lowest BCUT2D eigenvalue weighted by atomic mass is 10.1. The van der Waals surface area contributed by atoms with Gasteiger partial charge in [-0.15, -0.1) is 0 Å². The monoisotopic (exact) mass is 307 g/mol. The minimum Gasteiger partial charge on any atom is -0.355 e. The van der Waals surface area contributed by atoms with E-state index < -0.39 is 0 Å². The molecule has 1 unspecified atom stereocenters. The van der Waals surface area contributed by atoms with Crippen molar-refractivity contribution in [3.05, 3.63) is 28.2 Å². The van der Waals surface area contributed by atoms with Crippen molar-refractivity contribution in [1.29, 1.82) is 5.26 Å². The van der Waals surface area contributed by atoms with Crippen molar-refractivity contribution in [3.8, 4) is 6.07 Å². The summed E-state index contributed by atoms with van der Waals surface area (Å²) in [7, 11) is 0. The largest absolute Gasteiger partial charge is 0.355 e. The van der Waals surface area contributed by atoms with Crippen molar-refractivity contribution >= 4 is 33.4 Å². The highest BCUT2D eigenvalue weighted by Crippen LogP contribution is 2.24. The Balaban J connectivity index is 2.08. The highest BCUT2D eigenvalue weighted by molar-refractivity contribution is 9.10. The quantitative estimate of drug-likeness (QED) is 0.866. The number of anilines is 1. The van der Waals surface area contributed by atoms with E-state index in [2.05, 4.69) is 26.6 Å². The molecule has 1 saturated heterocycles. The standard InChI is InChI=1S/C12H10BrN3O2/c13-9-3-7(5-14)1-2-10(9)16-12(18)8-4-11(17)15-6-8/h1-3,8H,4,6H2,(H,15,17)(H,16,18). The van der Waals surface area contributed by atoms with Crippen LogP contribution in [0.2, 0.25) is 0 Å². The first kappa shape index (κ1) is 12.6. The molecule has 0 saturated carbocycles. The Kier molecular flexibility index (Phi) is 3.63. The second kappa shape index (κ2) is 5.19. The molecule has 1 aromatic carbocycles. The van der Waals surface area contributed by atoms with Crippen molar-refractivity contribution in [2.24, 2.45) is 5.92 Å². The van der Waals surface area contributed by atoms with E-state index in [-0.39, 0.29) is 24.2 Å². The van der Waals surface area contributed by atoms with Gasteiger partial charge in [-0.3, -0.25) is 9.59 Å². The highest BCUT2D eigenvalue weighted by Gasteiger charge is 2.28. The molecule has 92 valence electrons. The molecule has 2 rings (SSSR count). The Labute approximate surface area is 112 Å². The van der Waals surface area contributed by atoms with Crippen LogP contribution in [0.15, 0.2) is 22.7 Å². The number of carbonyl (C=O) groups excluding carboxylic acids is 2. The molecule has 0 spiro atoms. The molecule has 1 fully saturated rings. The van der Waals surface area contributed by atoms with Gasteiger partial charge in [0.2, 0.25) is 11.8 Å². The smallest absolute Gasteiger partial charge is 0.229 e. The van der Waals surface area contributed by atoms with E-state index in [4.69, 9.17) is 5.26 Å². The SMILES string of the molecule is N#Cc1ccc(NC(=O)C2CNC(=O)C2)c(Br)c1. The third-order valence-electron chi connectivity index (χ3n) is 2.70. The van der Waals surface area contributed by atoms with Crippen molar-refractivity contribution in [3.63, 3.8) is 0 Å². The Morgan fingerprint density at radius 3 is 2.89 bits per heavy atom. The maximum absolute atomic E-state index is 11.9. The number of nitriles is 1. The van der Waals surface area contributed by atoms with E-state index in [1.54, 1.807) is 18.2 Å². The van der Waals surface area contributed by atoms with Gasteiger partial charge in [-0.1, -0.05) is 0 Å². The van der Waals surface area contributed by atoms with Crippen molar-refractivity contribution < 1.29 is 9.59 Å². The van der Waals surface area contributed by atoms with Gasteiger partial charge in [0.25, 0.3) is 0 Å². The van der Waals surface area contributed by atoms with Crippen LogP contribution in [0.3, 0.4) is 0 Å². The Morgan fingerprint density at radius 1 is 1.56 bits per heavy atom. The summed E-state index contributed by atoms with van der Waals surface area (Å²) >= 11 is 3.29. The Bertz CT molecular complexity index is 551. The van der Waals surface area contributed by atoms with Gasteiger partial charge in [0.15, 0.2) is 0 Å². The summed E-state index contributed by atoms with van der Waals surface area (Å²) in [6, 6.07) is 6.93. The number of benzene rings is 1. The van der Waals surface area contributed by atoms with Gasteiger partial charge >= 0.3 is 0 Å². The summed E-state index contributed by atoms with van der Waals surface area (Å²) in [4.78, 5) is 22.9. The van der Waals surface area contributed by atoms with E-state index >= 15 is 0 Å². The summed E-state index contributed by atoms with van der Waals surface area (Å²) < 4.78 is 0.646. The fraction of sp³-hybridized carbons (Fsp3) is 0.250. The predicted molar refractivity (Wildman–Crippen MR) is 68.6 cm³/mol. The first-order chi connectivity index (χ1) is 8.60. The van der Waals surface area contributed by atoms with E-state index in [9.17, 15) is 9.59 Å². The lowest BCUT2D eigenvalue weighted by molar-refractivity contribution is -0.123. The number of hydrogen-bond acceptors (Lipinski definition) is 3. The van der Waals surface area contributed by atoms with Gasteiger partial charge < -0.3 is 10.6 Å². The average Bonchev–Trinajstić information content (AvgIpc) is 2.78. The van der Waals surface area contributed by atoms with Crippen molar-refractivity contribution in [2.45, 2.75) is 6.42 Å². The minimum absolute atomic E-state index is 0.103. The Morgan fingerprint density at radius 2 is 2.33 bits per heavy atom. The van der Waals surface area contributed by atoms with Crippen LogP contribution in [0.4, 0.5) is 5.69 Å². The number of hydrogen-bond donors (Lipinski definition) is 2. The number of rotatable bonds is 2. The zero-order valence-electron chi connectivity index (χ0n) is 9.37. The summed E-state index contributed by atoms with van der Waals surface area (Å²) in [5.41, 5.74) is 1.11. The zero-order chi connectivity index (χ0) is 13.1. The second-order valence-electron chi connectivity index (χ2n) is 4.00. The van der Waals surface area contributed by atoms with Gasteiger partial charge in [0, 0.05) is 17.4 Å². The second-order valence-corrected chi connectivity index (χ2v) is 4.86.